The molecule has 23 heavy (non-hydrogen) atoms. The summed E-state index contributed by atoms with van der Waals surface area (Å²) in [5.41, 5.74) is 10.9. The van der Waals surface area contributed by atoms with Gasteiger partial charge in [0.2, 0.25) is 0 Å². The maximum atomic E-state index is 12.8. The van der Waals surface area contributed by atoms with Gasteiger partial charge in [-0.2, -0.15) is 0 Å². The van der Waals surface area contributed by atoms with Gasteiger partial charge in [0.25, 0.3) is 5.91 Å². The quantitative estimate of drug-likeness (QED) is 0.772. The van der Waals surface area contributed by atoms with Crippen molar-refractivity contribution in [2.45, 2.75) is 20.8 Å². The number of pyridine rings is 1. The highest BCUT2D eigenvalue weighted by atomic mass is 32.1. The maximum Gasteiger partial charge on any atom is 0.270 e. The maximum absolute atomic E-state index is 12.8. The molecule has 0 fully saturated rings. The predicted molar refractivity (Wildman–Crippen MR) is 97.4 cm³/mol. The summed E-state index contributed by atoms with van der Waals surface area (Å²) in [7, 11) is 1.76. The summed E-state index contributed by atoms with van der Waals surface area (Å²) in [5, 5.41) is 0.905. The van der Waals surface area contributed by atoms with Gasteiger partial charge in [0.15, 0.2) is 0 Å². The Morgan fingerprint density at radius 1 is 1.13 bits per heavy atom. The number of hydrogen-bond donors (Lipinski definition) is 1. The van der Waals surface area contributed by atoms with Crippen molar-refractivity contribution < 1.29 is 4.79 Å². The molecule has 118 valence electrons. The third-order valence-corrected chi connectivity index (χ3v) is 5.41. The second-order valence-electron chi connectivity index (χ2n) is 5.67. The van der Waals surface area contributed by atoms with Crippen LogP contribution in [0.1, 0.15) is 26.5 Å². The molecule has 0 spiro atoms. The number of carbonyl (C=O) groups excluding carboxylic acids is 1. The third-order valence-electron chi connectivity index (χ3n) is 4.32. The zero-order valence-corrected chi connectivity index (χ0v) is 14.5. The molecule has 4 nitrogen and oxygen atoms in total. The van der Waals surface area contributed by atoms with Gasteiger partial charge < -0.3 is 10.6 Å². The summed E-state index contributed by atoms with van der Waals surface area (Å²) in [6.07, 6.45) is 0. The Kier molecular flexibility index (Phi) is 3.82. The SMILES string of the molecule is Cc1nc2sc(C(=O)N(C)c3ccccc3)c(N)c2c(C)c1C. The second kappa shape index (κ2) is 5.66. The van der Waals surface area contributed by atoms with Crippen molar-refractivity contribution in [2.24, 2.45) is 0 Å². The van der Waals surface area contributed by atoms with Gasteiger partial charge in [0, 0.05) is 23.8 Å². The first-order valence-corrected chi connectivity index (χ1v) is 8.22. The minimum Gasteiger partial charge on any atom is -0.397 e. The number of aryl methyl sites for hydroxylation is 2. The van der Waals surface area contributed by atoms with E-state index < -0.39 is 0 Å². The standard InChI is InChI=1S/C18H19N3OS/c1-10-11(2)14-15(19)16(23-17(14)20-12(10)3)18(22)21(4)13-8-6-5-7-9-13/h5-9H,19H2,1-4H3. The van der Waals surface area contributed by atoms with Gasteiger partial charge >= 0.3 is 0 Å². The predicted octanol–water partition coefficient (Wildman–Crippen LogP) is 4.08. The van der Waals surface area contributed by atoms with Crippen LogP contribution < -0.4 is 10.6 Å². The molecule has 0 aliphatic rings. The van der Waals surface area contributed by atoms with Crippen LogP contribution in [0.3, 0.4) is 0 Å². The van der Waals surface area contributed by atoms with E-state index in [4.69, 9.17) is 5.73 Å². The summed E-state index contributed by atoms with van der Waals surface area (Å²) < 4.78 is 0. The van der Waals surface area contributed by atoms with E-state index >= 15 is 0 Å². The van der Waals surface area contributed by atoms with Crippen molar-refractivity contribution in [1.82, 2.24) is 4.98 Å². The van der Waals surface area contributed by atoms with Crippen LogP contribution in [0, 0.1) is 20.8 Å². The highest BCUT2D eigenvalue weighted by Crippen LogP contribution is 2.37. The lowest BCUT2D eigenvalue weighted by molar-refractivity contribution is 0.0997. The average molecular weight is 325 g/mol. The molecule has 0 aliphatic heterocycles. The monoisotopic (exact) mass is 325 g/mol. The van der Waals surface area contributed by atoms with Crippen LogP contribution in [0.4, 0.5) is 11.4 Å². The largest absolute Gasteiger partial charge is 0.397 e. The minimum absolute atomic E-state index is 0.105. The first-order valence-electron chi connectivity index (χ1n) is 7.40. The van der Waals surface area contributed by atoms with Crippen LogP contribution in [0.2, 0.25) is 0 Å². The van der Waals surface area contributed by atoms with Crippen molar-refractivity contribution in [3.8, 4) is 0 Å². The number of thiophene rings is 1. The molecule has 0 saturated heterocycles. The van der Waals surface area contributed by atoms with E-state index in [1.807, 2.05) is 51.1 Å². The third kappa shape index (κ3) is 2.47. The number of anilines is 2. The zero-order valence-electron chi connectivity index (χ0n) is 13.7. The number of carbonyl (C=O) groups is 1. The Morgan fingerprint density at radius 3 is 2.43 bits per heavy atom. The highest BCUT2D eigenvalue weighted by molar-refractivity contribution is 7.21. The summed E-state index contributed by atoms with van der Waals surface area (Å²) in [5.74, 6) is -0.105. The van der Waals surface area contributed by atoms with E-state index in [0.29, 0.717) is 10.6 Å². The summed E-state index contributed by atoms with van der Waals surface area (Å²) in [4.78, 5) is 20.4. The zero-order chi connectivity index (χ0) is 16.7. The van der Waals surface area contributed by atoms with Crippen LogP contribution >= 0.6 is 11.3 Å². The number of para-hydroxylation sites is 1. The fourth-order valence-corrected chi connectivity index (χ4v) is 3.82. The summed E-state index contributed by atoms with van der Waals surface area (Å²) >= 11 is 1.36. The molecule has 0 unspecified atom stereocenters. The van der Waals surface area contributed by atoms with Crippen molar-refractivity contribution in [3.63, 3.8) is 0 Å². The van der Waals surface area contributed by atoms with Crippen molar-refractivity contribution in [1.29, 1.82) is 0 Å². The molecule has 3 rings (SSSR count). The number of aromatic nitrogens is 1. The van der Waals surface area contributed by atoms with Gasteiger partial charge in [-0.05, 0) is 44.0 Å². The Labute approximate surface area is 139 Å². The van der Waals surface area contributed by atoms with Gasteiger partial charge in [-0.15, -0.1) is 11.3 Å². The van der Waals surface area contributed by atoms with Crippen LogP contribution in [-0.2, 0) is 0 Å². The van der Waals surface area contributed by atoms with E-state index in [0.717, 1.165) is 32.7 Å². The van der Waals surface area contributed by atoms with Gasteiger partial charge in [-0.3, -0.25) is 4.79 Å². The van der Waals surface area contributed by atoms with Crippen LogP contribution in [-0.4, -0.2) is 17.9 Å². The minimum atomic E-state index is -0.105. The first kappa shape index (κ1) is 15.5. The first-order chi connectivity index (χ1) is 10.9. The van der Waals surface area contributed by atoms with Crippen LogP contribution in [0.5, 0.6) is 0 Å². The van der Waals surface area contributed by atoms with Crippen LogP contribution in [0.15, 0.2) is 30.3 Å². The molecule has 0 aliphatic carbocycles. The lowest BCUT2D eigenvalue weighted by Gasteiger charge is -2.16. The van der Waals surface area contributed by atoms with E-state index in [9.17, 15) is 4.79 Å². The fraction of sp³-hybridized carbons (Fsp3) is 0.222. The number of fused-ring (bicyclic) bond motifs is 1. The molecular weight excluding hydrogens is 306 g/mol. The Hall–Kier alpha value is -2.40. The van der Waals surface area contributed by atoms with E-state index in [2.05, 4.69) is 4.98 Å². The number of benzene rings is 1. The van der Waals surface area contributed by atoms with Gasteiger partial charge in [0.05, 0.1) is 5.69 Å². The molecule has 3 aromatic rings. The lowest BCUT2D eigenvalue weighted by Crippen LogP contribution is -2.25. The van der Waals surface area contributed by atoms with Gasteiger partial charge in [0.1, 0.15) is 9.71 Å². The number of nitrogens with two attached hydrogens (primary N) is 1. The van der Waals surface area contributed by atoms with Gasteiger partial charge in [-0.25, -0.2) is 4.98 Å². The number of rotatable bonds is 2. The topological polar surface area (TPSA) is 59.2 Å². The molecule has 0 saturated carbocycles. The Balaban J connectivity index is 2.12. The molecule has 2 heterocycles. The van der Waals surface area contributed by atoms with Crippen molar-refractivity contribution in [3.05, 3.63) is 52.0 Å². The lowest BCUT2D eigenvalue weighted by atomic mass is 10.1. The summed E-state index contributed by atoms with van der Waals surface area (Å²) in [6.45, 7) is 6.05. The molecule has 2 N–H and O–H groups in total. The highest BCUT2D eigenvalue weighted by Gasteiger charge is 2.23. The van der Waals surface area contributed by atoms with E-state index in [1.165, 1.54) is 11.3 Å². The second-order valence-corrected chi connectivity index (χ2v) is 6.67. The van der Waals surface area contributed by atoms with Gasteiger partial charge in [-0.1, -0.05) is 18.2 Å². The number of amides is 1. The van der Waals surface area contributed by atoms with E-state index in [1.54, 1.807) is 11.9 Å². The molecule has 1 amide bonds. The normalized spacial score (nSPS) is 11.0. The number of nitrogen functional groups attached to an aromatic ring is 1. The fourth-order valence-electron chi connectivity index (χ4n) is 2.65. The van der Waals surface area contributed by atoms with Crippen molar-refractivity contribution in [2.75, 3.05) is 17.7 Å². The van der Waals surface area contributed by atoms with E-state index in [-0.39, 0.29) is 5.91 Å². The molecule has 1 aromatic carbocycles. The molecular formula is C18H19N3OS. The molecule has 0 radical (unpaired) electrons. The molecule has 0 bridgehead atoms. The summed E-state index contributed by atoms with van der Waals surface area (Å²) in [6, 6.07) is 9.55. The smallest absolute Gasteiger partial charge is 0.270 e. The Bertz CT molecular complexity index is 900. The number of nitrogens with zero attached hydrogens (tertiary/aromatic N) is 2. The Morgan fingerprint density at radius 2 is 1.78 bits per heavy atom. The molecule has 5 heteroatoms. The number of hydrogen-bond acceptors (Lipinski definition) is 4. The molecule has 2 aromatic heterocycles. The van der Waals surface area contributed by atoms with Crippen LogP contribution in [0.25, 0.3) is 10.2 Å². The molecule has 0 atom stereocenters. The van der Waals surface area contributed by atoms with Crippen molar-refractivity contribution >= 4 is 38.8 Å². The average Bonchev–Trinajstić information content (AvgIpc) is 2.88.